The van der Waals surface area contributed by atoms with Gasteiger partial charge in [0.2, 0.25) is 0 Å². The van der Waals surface area contributed by atoms with E-state index in [1.807, 2.05) is 0 Å². The van der Waals surface area contributed by atoms with Gasteiger partial charge in [0.25, 0.3) is 11.8 Å². The van der Waals surface area contributed by atoms with Gasteiger partial charge >= 0.3 is 0 Å². The fraction of sp³-hybridized carbons (Fsp3) is 0.125. The third-order valence-electron chi connectivity index (χ3n) is 2.97. The molecular formula is C16H13ClF2N2O2. The van der Waals surface area contributed by atoms with E-state index in [1.165, 1.54) is 30.3 Å². The van der Waals surface area contributed by atoms with E-state index in [-0.39, 0.29) is 29.2 Å². The van der Waals surface area contributed by atoms with Gasteiger partial charge in [0.1, 0.15) is 11.6 Å². The van der Waals surface area contributed by atoms with Crippen molar-refractivity contribution < 1.29 is 18.4 Å². The van der Waals surface area contributed by atoms with Crippen LogP contribution >= 0.6 is 11.6 Å². The minimum atomic E-state index is -0.723. The van der Waals surface area contributed by atoms with Crippen LogP contribution in [0, 0.1) is 11.6 Å². The zero-order valence-electron chi connectivity index (χ0n) is 11.9. The minimum absolute atomic E-state index is 0.00583. The summed E-state index contributed by atoms with van der Waals surface area (Å²) >= 11 is 5.78. The van der Waals surface area contributed by atoms with E-state index in [9.17, 15) is 18.4 Å². The summed E-state index contributed by atoms with van der Waals surface area (Å²) in [6.45, 7) is 0.178. The predicted molar refractivity (Wildman–Crippen MR) is 82.5 cm³/mol. The van der Waals surface area contributed by atoms with E-state index in [4.69, 9.17) is 11.6 Å². The van der Waals surface area contributed by atoms with Crippen LogP contribution in [0.3, 0.4) is 0 Å². The number of rotatable bonds is 5. The lowest BCUT2D eigenvalue weighted by Gasteiger charge is -2.09. The molecule has 0 aliphatic rings. The third-order valence-corrected chi connectivity index (χ3v) is 3.29. The van der Waals surface area contributed by atoms with Crippen LogP contribution in [-0.4, -0.2) is 24.9 Å². The molecule has 0 aliphatic carbocycles. The molecule has 0 atom stereocenters. The van der Waals surface area contributed by atoms with Crippen molar-refractivity contribution in [3.05, 3.63) is 70.2 Å². The second kappa shape index (κ2) is 7.69. The van der Waals surface area contributed by atoms with Crippen LogP contribution in [0.2, 0.25) is 5.02 Å². The Morgan fingerprint density at radius 2 is 1.61 bits per heavy atom. The molecule has 0 saturated carbocycles. The van der Waals surface area contributed by atoms with Gasteiger partial charge in [-0.15, -0.1) is 0 Å². The van der Waals surface area contributed by atoms with Gasteiger partial charge in [-0.1, -0.05) is 23.7 Å². The Bertz CT molecular complexity index is 718. The van der Waals surface area contributed by atoms with Gasteiger partial charge < -0.3 is 10.6 Å². The van der Waals surface area contributed by atoms with Crippen LogP contribution in [0.4, 0.5) is 8.78 Å². The van der Waals surface area contributed by atoms with Crippen molar-refractivity contribution in [2.45, 2.75) is 0 Å². The van der Waals surface area contributed by atoms with Crippen LogP contribution in [-0.2, 0) is 0 Å². The van der Waals surface area contributed by atoms with Crippen LogP contribution < -0.4 is 10.6 Å². The molecule has 0 fully saturated rings. The third kappa shape index (κ3) is 4.50. The molecular weight excluding hydrogens is 326 g/mol. The molecule has 4 nitrogen and oxygen atoms in total. The van der Waals surface area contributed by atoms with Gasteiger partial charge in [-0.2, -0.15) is 0 Å². The molecule has 0 radical (unpaired) electrons. The SMILES string of the molecule is O=C(NCCNC(=O)c1c(F)cccc1Cl)c1cccc(F)c1. The molecule has 0 aromatic heterocycles. The zero-order valence-corrected chi connectivity index (χ0v) is 12.7. The first kappa shape index (κ1) is 16.9. The van der Waals surface area contributed by atoms with Gasteiger partial charge in [0, 0.05) is 18.7 Å². The number of amides is 2. The van der Waals surface area contributed by atoms with Gasteiger partial charge in [0.05, 0.1) is 10.6 Å². The van der Waals surface area contributed by atoms with Gasteiger partial charge in [-0.05, 0) is 30.3 Å². The number of benzene rings is 2. The number of halogens is 3. The normalized spacial score (nSPS) is 10.2. The highest BCUT2D eigenvalue weighted by Crippen LogP contribution is 2.18. The largest absolute Gasteiger partial charge is 0.350 e. The van der Waals surface area contributed by atoms with E-state index in [0.29, 0.717) is 0 Å². The maximum absolute atomic E-state index is 13.5. The summed E-state index contributed by atoms with van der Waals surface area (Å²) in [6, 6.07) is 9.16. The van der Waals surface area contributed by atoms with Gasteiger partial charge in [-0.3, -0.25) is 9.59 Å². The summed E-state index contributed by atoms with van der Waals surface area (Å²) in [6.07, 6.45) is 0. The Morgan fingerprint density at radius 3 is 2.26 bits per heavy atom. The number of nitrogens with one attached hydrogen (secondary N) is 2. The molecule has 2 amide bonds. The summed E-state index contributed by atoms with van der Waals surface area (Å²) < 4.78 is 26.5. The lowest BCUT2D eigenvalue weighted by Crippen LogP contribution is -2.35. The second-order valence-corrected chi connectivity index (χ2v) is 5.03. The topological polar surface area (TPSA) is 58.2 Å². The van der Waals surface area contributed by atoms with Crippen molar-refractivity contribution in [2.75, 3.05) is 13.1 Å². The molecule has 0 bridgehead atoms. The van der Waals surface area contributed by atoms with Gasteiger partial charge in [-0.25, -0.2) is 8.78 Å². The van der Waals surface area contributed by atoms with E-state index >= 15 is 0 Å². The summed E-state index contributed by atoms with van der Waals surface area (Å²) in [5.41, 5.74) is -0.0703. The van der Waals surface area contributed by atoms with Crippen molar-refractivity contribution >= 4 is 23.4 Å². The second-order valence-electron chi connectivity index (χ2n) is 4.62. The quantitative estimate of drug-likeness (QED) is 0.824. The number of hydrogen-bond donors (Lipinski definition) is 2. The van der Waals surface area contributed by atoms with Gasteiger partial charge in [0.15, 0.2) is 0 Å². The highest BCUT2D eigenvalue weighted by Gasteiger charge is 2.15. The summed E-state index contributed by atoms with van der Waals surface area (Å²) in [5.74, 6) is -2.38. The molecule has 0 spiro atoms. The molecule has 0 saturated heterocycles. The molecule has 2 N–H and O–H groups in total. The number of carbonyl (C=O) groups excluding carboxylic acids is 2. The average molecular weight is 339 g/mol. The Kier molecular flexibility index (Phi) is 5.65. The fourth-order valence-electron chi connectivity index (χ4n) is 1.89. The molecule has 0 unspecified atom stereocenters. The van der Waals surface area contributed by atoms with Crippen molar-refractivity contribution in [1.82, 2.24) is 10.6 Å². The average Bonchev–Trinajstić information content (AvgIpc) is 2.51. The van der Waals surface area contributed by atoms with Crippen LogP contribution in [0.1, 0.15) is 20.7 Å². The van der Waals surface area contributed by atoms with Crippen LogP contribution in [0.15, 0.2) is 42.5 Å². The van der Waals surface area contributed by atoms with E-state index in [1.54, 1.807) is 0 Å². The Hall–Kier alpha value is -2.47. The molecule has 120 valence electrons. The Labute approximate surface area is 136 Å². The molecule has 2 aromatic rings. The lowest BCUT2D eigenvalue weighted by molar-refractivity contribution is 0.0925. The van der Waals surface area contributed by atoms with E-state index in [0.717, 1.165) is 12.1 Å². The molecule has 0 heterocycles. The monoisotopic (exact) mass is 338 g/mol. The Morgan fingerprint density at radius 1 is 0.957 bits per heavy atom. The van der Waals surface area contributed by atoms with Crippen molar-refractivity contribution in [1.29, 1.82) is 0 Å². The summed E-state index contributed by atoms with van der Waals surface area (Å²) in [7, 11) is 0. The lowest BCUT2D eigenvalue weighted by atomic mass is 10.2. The molecule has 23 heavy (non-hydrogen) atoms. The molecule has 0 aliphatic heterocycles. The van der Waals surface area contributed by atoms with Crippen LogP contribution in [0.5, 0.6) is 0 Å². The summed E-state index contributed by atoms with van der Waals surface area (Å²) in [5, 5.41) is 4.97. The minimum Gasteiger partial charge on any atom is -0.350 e. The predicted octanol–water partition coefficient (Wildman–Crippen LogP) is 2.78. The number of carbonyl (C=O) groups is 2. The van der Waals surface area contributed by atoms with Crippen molar-refractivity contribution in [3.8, 4) is 0 Å². The number of hydrogen-bond acceptors (Lipinski definition) is 2. The molecule has 2 rings (SSSR count). The Balaban J connectivity index is 1.83. The smallest absolute Gasteiger partial charge is 0.255 e. The van der Waals surface area contributed by atoms with E-state index < -0.39 is 23.4 Å². The standard InChI is InChI=1S/C16H13ClF2N2O2/c17-12-5-2-6-13(19)14(12)16(23)21-8-7-20-15(22)10-3-1-4-11(18)9-10/h1-6,9H,7-8H2,(H,20,22)(H,21,23). The van der Waals surface area contributed by atoms with Crippen molar-refractivity contribution in [3.63, 3.8) is 0 Å². The first-order valence-corrected chi connectivity index (χ1v) is 7.13. The maximum atomic E-state index is 13.5. The highest BCUT2D eigenvalue weighted by atomic mass is 35.5. The maximum Gasteiger partial charge on any atom is 0.255 e. The highest BCUT2D eigenvalue weighted by molar-refractivity contribution is 6.33. The van der Waals surface area contributed by atoms with Crippen molar-refractivity contribution in [2.24, 2.45) is 0 Å². The molecule has 2 aromatic carbocycles. The first-order valence-electron chi connectivity index (χ1n) is 6.75. The van der Waals surface area contributed by atoms with E-state index in [2.05, 4.69) is 10.6 Å². The summed E-state index contributed by atoms with van der Waals surface area (Å²) in [4.78, 5) is 23.6. The fourth-order valence-corrected chi connectivity index (χ4v) is 2.14. The zero-order chi connectivity index (χ0) is 16.8. The molecule has 7 heteroatoms. The first-order chi connectivity index (χ1) is 11.0. The van der Waals surface area contributed by atoms with Crippen LogP contribution in [0.25, 0.3) is 0 Å².